The van der Waals surface area contributed by atoms with Crippen LogP contribution in [0.1, 0.15) is 60.0 Å². The molecule has 0 radical (unpaired) electrons. The summed E-state index contributed by atoms with van der Waals surface area (Å²) in [5, 5.41) is 11.6. The number of nitrogens with one attached hydrogen (secondary N) is 1. The Morgan fingerprint density at radius 2 is 1.79 bits per heavy atom. The van der Waals surface area contributed by atoms with Gasteiger partial charge in [-0.2, -0.15) is 10.2 Å². The van der Waals surface area contributed by atoms with E-state index in [0.717, 1.165) is 41.2 Å². The van der Waals surface area contributed by atoms with Crippen molar-refractivity contribution in [2.45, 2.75) is 39.2 Å². The molecule has 3 aliphatic rings. The van der Waals surface area contributed by atoms with Gasteiger partial charge in [0.2, 0.25) is 0 Å². The van der Waals surface area contributed by atoms with Gasteiger partial charge >= 0.3 is 5.91 Å². The van der Waals surface area contributed by atoms with Crippen molar-refractivity contribution in [3.63, 3.8) is 0 Å². The van der Waals surface area contributed by atoms with Crippen molar-refractivity contribution in [3.8, 4) is 11.1 Å². The van der Waals surface area contributed by atoms with Crippen molar-refractivity contribution in [2.24, 2.45) is 22.0 Å². The van der Waals surface area contributed by atoms with E-state index in [2.05, 4.69) is 37.6 Å². The highest BCUT2D eigenvalue weighted by Gasteiger charge is 2.53. The first-order valence-electron chi connectivity index (χ1n) is 13.1. The highest BCUT2D eigenvalue weighted by Crippen LogP contribution is 2.41. The molecule has 0 bridgehead atoms. The average molecular weight is 508 g/mol. The number of benzene rings is 1. The normalized spacial score (nSPS) is 19.7. The van der Waals surface area contributed by atoms with Crippen molar-refractivity contribution in [1.29, 1.82) is 0 Å². The SMILES string of the molecule is CC(C)(C)NC(=O)c1cncc(-c2ccnc(C(=O)[N+]3(c4cccc(C5=NN=CC5C5CC5)c4)CC3)c2)c1. The second-order valence-electron chi connectivity index (χ2n) is 11.5. The van der Waals surface area contributed by atoms with E-state index in [9.17, 15) is 9.59 Å². The third-order valence-electron chi connectivity index (χ3n) is 7.34. The third kappa shape index (κ3) is 4.67. The molecule has 0 spiro atoms. The monoisotopic (exact) mass is 507 g/mol. The molecule has 38 heavy (non-hydrogen) atoms. The van der Waals surface area contributed by atoms with Crippen molar-refractivity contribution in [1.82, 2.24) is 19.8 Å². The highest BCUT2D eigenvalue weighted by molar-refractivity contribution is 6.13. The summed E-state index contributed by atoms with van der Waals surface area (Å²) in [5.41, 5.74) is 5.05. The van der Waals surface area contributed by atoms with Crippen LogP contribution in [0.4, 0.5) is 5.69 Å². The van der Waals surface area contributed by atoms with Gasteiger partial charge in [-0.05, 0) is 69.4 Å². The van der Waals surface area contributed by atoms with Gasteiger partial charge in [-0.25, -0.2) is 14.3 Å². The van der Waals surface area contributed by atoms with Gasteiger partial charge in [0.1, 0.15) is 18.8 Å². The summed E-state index contributed by atoms with van der Waals surface area (Å²) in [7, 11) is 0. The quantitative estimate of drug-likeness (QED) is 0.388. The van der Waals surface area contributed by atoms with Crippen LogP contribution >= 0.6 is 0 Å². The van der Waals surface area contributed by atoms with Crippen LogP contribution < -0.4 is 9.80 Å². The van der Waals surface area contributed by atoms with Gasteiger partial charge in [0.05, 0.1) is 11.3 Å². The fraction of sp³-hybridized carbons (Fsp3) is 0.333. The summed E-state index contributed by atoms with van der Waals surface area (Å²) < 4.78 is 0.235. The Bertz CT molecular complexity index is 1490. The standard InChI is InChI=1S/C30H30N6O2/c1-30(2,3)34-28(37)23-13-22(16-31-17-23)20-9-10-32-26(15-20)29(38)36(11-12-36)24-6-4-5-21(14-24)27-25(18-33-35-27)19-7-8-19/h4-6,9-10,13-19,25H,7-8,11-12H2,1-3H3/p+1. The van der Waals surface area contributed by atoms with Crippen LogP contribution in [0.3, 0.4) is 0 Å². The first-order chi connectivity index (χ1) is 18.2. The number of hydrogen-bond acceptors (Lipinski definition) is 6. The molecule has 3 aromatic rings. The molecule has 1 aromatic carbocycles. The lowest BCUT2D eigenvalue weighted by atomic mass is 9.93. The van der Waals surface area contributed by atoms with E-state index in [1.165, 1.54) is 12.8 Å². The average Bonchev–Trinajstić information content (AvgIpc) is 3.86. The molecule has 2 aliphatic heterocycles. The van der Waals surface area contributed by atoms with Crippen molar-refractivity contribution >= 4 is 29.4 Å². The highest BCUT2D eigenvalue weighted by atomic mass is 16.2. The summed E-state index contributed by atoms with van der Waals surface area (Å²) in [6.07, 6.45) is 9.28. The molecule has 8 nitrogen and oxygen atoms in total. The fourth-order valence-electron chi connectivity index (χ4n) is 5.05. The van der Waals surface area contributed by atoms with Gasteiger partial charge < -0.3 is 5.32 Å². The fourth-order valence-corrected chi connectivity index (χ4v) is 5.05. The van der Waals surface area contributed by atoms with Crippen LogP contribution in [0.15, 0.2) is 71.3 Å². The maximum Gasteiger partial charge on any atom is 0.369 e. The lowest BCUT2D eigenvalue weighted by Gasteiger charge is -2.20. The molecule has 1 atom stereocenters. The summed E-state index contributed by atoms with van der Waals surface area (Å²) in [6, 6.07) is 13.6. The van der Waals surface area contributed by atoms with E-state index in [-0.39, 0.29) is 27.8 Å². The van der Waals surface area contributed by atoms with E-state index >= 15 is 0 Å². The second-order valence-corrected chi connectivity index (χ2v) is 11.5. The molecule has 6 rings (SSSR count). The number of pyridine rings is 2. The molecule has 2 fully saturated rings. The number of amides is 2. The maximum atomic E-state index is 13.8. The first-order valence-corrected chi connectivity index (χ1v) is 13.1. The molecule has 1 unspecified atom stereocenters. The number of rotatable bonds is 6. The lowest BCUT2D eigenvalue weighted by molar-refractivity contribution is 0.0881. The van der Waals surface area contributed by atoms with E-state index in [4.69, 9.17) is 0 Å². The molecule has 1 saturated carbocycles. The van der Waals surface area contributed by atoms with E-state index in [1.807, 2.05) is 45.2 Å². The summed E-state index contributed by atoms with van der Waals surface area (Å²) >= 11 is 0. The largest absolute Gasteiger partial charge is 0.369 e. The Hall–Kier alpha value is -4.04. The minimum Gasteiger partial charge on any atom is -0.347 e. The predicted molar refractivity (Wildman–Crippen MR) is 148 cm³/mol. The lowest BCUT2D eigenvalue weighted by Crippen LogP contribution is -2.40. The van der Waals surface area contributed by atoms with Gasteiger partial charge in [0, 0.05) is 53.5 Å². The van der Waals surface area contributed by atoms with Crippen molar-refractivity contribution < 1.29 is 9.59 Å². The maximum absolute atomic E-state index is 13.8. The molecule has 192 valence electrons. The number of carbonyl (C=O) groups is 2. The van der Waals surface area contributed by atoms with Gasteiger partial charge in [-0.1, -0.05) is 12.1 Å². The number of hydrogen-bond donors (Lipinski definition) is 1. The minimum atomic E-state index is -0.354. The Kier molecular flexibility index (Phi) is 5.79. The molecule has 1 saturated heterocycles. The molecule has 4 heterocycles. The third-order valence-corrected chi connectivity index (χ3v) is 7.34. The van der Waals surface area contributed by atoms with Crippen LogP contribution in [-0.2, 0) is 0 Å². The first kappa shape index (κ1) is 24.3. The summed E-state index contributed by atoms with van der Waals surface area (Å²) in [6.45, 7) is 7.27. The predicted octanol–water partition coefficient (Wildman–Crippen LogP) is 4.65. The summed E-state index contributed by atoms with van der Waals surface area (Å²) in [5.74, 6) is 0.680. The zero-order valence-electron chi connectivity index (χ0n) is 21.9. The molecule has 2 aromatic heterocycles. The zero-order valence-corrected chi connectivity index (χ0v) is 21.9. The van der Waals surface area contributed by atoms with E-state index in [0.29, 0.717) is 17.2 Å². The van der Waals surface area contributed by atoms with Crippen LogP contribution in [-0.4, -0.2) is 52.3 Å². The molecule has 8 heteroatoms. The van der Waals surface area contributed by atoms with Gasteiger partial charge in [0.15, 0.2) is 5.69 Å². The molecular formula is C30H31N6O2+. The molecule has 1 aliphatic carbocycles. The molecular weight excluding hydrogens is 476 g/mol. The minimum absolute atomic E-state index is 0.0399. The van der Waals surface area contributed by atoms with E-state index in [1.54, 1.807) is 30.7 Å². The topological polar surface area (TPSA) is 96.7 Å². The van der Waals surface area contributed by atoms with Crippen LogP contribution in [0, 0.1) is 11.8 Å². The Morgan fingerprint density at radius 1 is 0.974 bits per heavy atom. The Balaban J connectivity index is 1.26. The number of quaternary nitrogens is 1. The Labute approximate surface area is 222 Å². The van der Waals surface area contributed by atoms with Crippen LogP contribution in [0.5, 0.6) is 0 Å². The van der Waals surface area contributed by atoms with Crippen LogP contribution in [0.25, 0.3) is 11.1 Å². The van der Waals surface area contributed by atoms with E-state index < -0.39 is 0 Å². The van der Waals surface area contributed by atoms with Crippen molar-refractivity contribution in [2.75, 3.05) is 13.1 Å². The van der Waals surface area contributed by atoms with Gasteiger partial charge in [-0.15, -0.1) is 0 Å². The number of nitrogens with zero attached hydrogens (tertiary/aromatic N) is 5. The summed E-state index contributed by atoms with van der Waals surface area (Å²) in [4.78, 5) is 35.2. The van der Waals surface area contributed by atoms with Gasteiger partial charge in [-0.3, -0.25) is 9.78 Å². The molecule has 2 amide bonds. The van der Waals surface area contributed by atoms with Crippen LogP contribution in [0.2, 0.25) is 0 Å². The number of carbonyl (C=O) groups excluding carboxylic acids is 2. The smallest absolute Gasteiger partial charge is 0.347 e. The number of aromatic nitrogens is 2. The van der Waals surface area contributed by atoms with Gasteiger partial charge in [0.25, 0.3) is 5.91 Å². The second kappa shape index (κ2) is 9.06. The molecule has 1 N–H and O–H groups in total. The Morgan fingerprint density at radius 3 is 2.53 bits per heavy atom. The van der Waals surface area contributed by atoms with Crippen molar-refractivity contribution in [3.05, 3.63) is 77.9 Å². The zero-order chi connectivity index (χ0) is 26.5.